The van der Waals surface area contributed by atoms with E-state index in [2.05, 4.69) is 26.3 Å². The van der Waals surface area contributed by atoms with Gasteiger partial charge in [0.05, 0.1) is 9.99 Å². The van der Waals surface area contributed by atoms with Crippen molar-refractivity contribution in [3.05, 3.63) is 46.7 Å². The highest BCUT2D eigenvalue weighted by atomic mass is 79.9. The smallest absolute Gasteiger partial charge is 0.435 e. The molecule has 8 heteroatoms. The molecule has 0 aliphatic heterocycles. The van der Waals surface area contributed by atoms with Crippen LogP contribution in [0.15, 0.2) is 40.9 Å². The molecule has 2 aromatic carbocycles. The summed E-state index contributed by atoms with van der Waals surface area (Å²) in [4.78, 5) is 24.0. The summed E-state index contributed by atoms with van der Waals surface area (Å²) in [6.45, 7) is 6.64. The van der Waals surface area contributed by atoms with Crippen molar-refractivity contribution in [1.29, 1.82) is 0 Å². The number of carbonyl (C=O) groups excluding carboxylic acids is 2. The third-order valence-electron chi connectivity index (χ3n) is 3.74. The fourth-order valence-corrected chi connectivity index (χ4v) is 3.06. The Morgan fingerprint density at radius 2 is 1.93 bits per heavy atom. The predicted octanol–water partition coefficient (Wildman–Crippen LogP) is 5.35. The zero-order valence-corrected chi connectivity index (χ0v) is 17.4. The number of rotatable bonds is 2. The number of carbonyl (C=O) groups is 2. The first-order chi connectivity index (χ1) is 13.0. The van der Waals surface area contributed by atoms with Gasteiger partial charge in [0.1, 0.15) is 17.1 Å². The molecule has 146 valence electrons. The SMILES string of the molecule is CC(=O)Nc1cccc(-c2nn(C(=O)OC(C)(C)C)c3cc(F)c(Br)cc23)c1. The van der Waals surface area contributed by atoms with E-state index in [9.17, 15) is 14.0 Å². The van der Waals surface area contributed by atoms with Gasteiger partial charge in [-0.1, -0.05) is 12.1 Å². The average molecular weight is 448 g/mol. The topological polar surface area (TPSA) is 73.2 Å². The van der Waals surface area contributed by atoms with E-state index in [-0.39, 0.29) is 15.9 Å². The van der Waals surface area contributed by atoms with E-state index < -0.39 is 17.5 Å². The molecular weight excluding hydrogens is 429 g/mol. The molecule has 1 N–H and O–H groups in total. The molecule has 0 aliphatic carbocycles. The first-order valence-electron chi connectivity index (χ1n) is 8.54. The summed E-state index contributed by atoms with van der Waals surface area (Å²) in [6.07, 6.45) is -0.705. The second kappa shape index (κ2) is 7.35. The number of hydrogen-bond acceptors (Lipinski definition) is 4. The number of anilines is 1. The Morgan fingerprint density at radius 1 is 1.21 bits per heavy atom. The maximum atomic E-state index is 14.2. The number of fused-ring (bicyclic) bond motifs is 1. The van der Waals surface area contributed by atoms with Crippen molar-refractivity contribution in [2.75, 3.05) is 5.32 Å². The van der Waals surface area contributed by atoms with Crippen LogP contribution in [0.2, 0.25) is 0 Å². The quantitative estimate of drug-likeness (QED) is 0.574. The zero-order chi connectivity index (χ0) is 20.6. The van der Waals surface area contributed by atoms with E-state index in [1.807, 2.05) is 0 Å². The highest BCUT2D eigenvalue weighted by Crippen LogP contribution is 2.33. The van der Waals surface area contributed by atoms with Crippen LogP contribution < -0.4 is 5.32 Å². The molecule has 0 radical (unpaired) electrons. The van der Waals surface area contributed by atoms with Gasteiger partial charge >= 0.3 is 6.09 Å². The summed E-state index contributed by atoms with van der Waals surface area (Å²) < 4.78 is 20.9. The van der Waals surface area contributed by atoms with Crippen LogP contribution >= 0.6 is 15.9 Å². The normalized spacial score (nSPS) is 11.5. The van der Waals surface area contributed by atoms with Gasteiger partial charge in [-0.2, -0.15) is 9.78 Å². The molecule has 0 aliphatic rings. The van der Waals surface area contributed by atoms with Crippen molar-refractivity contribution < 1.29 is 18.7 Å². The van der Waals surface area contributed by atoms with Crippen LogP contribution in [0.3, 0.4) is 0 Å². The zero-order valence-electron chi connectivity index (χ0n) is 15.8. The van der Waals surface area contributed by atoms with E-state index in [0.717, 1.165) is 4.68 Å². The van der Waals surface area contributed by atoms with Crippen LogP contribution in [-0.2, 0) is 9.53 Å². The Bertz CT molecular complexity index is 1090. The summed E-state index contributed by atoms with van der Waals surface area (Å²) in [6, 6.07) is 9.84. The standard InChI is InChI=1S/C20H19BrFN3O3/c1-11(26)23-13-7-5-6-12(8-13)18-14-9-15(21)16(22)10-17(14)25(24-18)19(27)28-20(2,3)4/h5-10H,1-4H3,(H,23,26). The second-order valence-corrected chi connectivity index (χ2v) is 8.14. The molecule has 6 nitrogen and oxygen atoms in total. The molecule has 0 spiro atoms. The lowest BCUT2D eigenvalue weighted by atomic mass is 10.1. The summed E-state index contributed by atoms with van der Waals surface area (Å²) >= 11 is 3.18. The van der Waals surface area contributed by atoms with Crippen molar-refractivity contribution in [1.82, 2.24) is 9.78 Å². The lowest BCUT2D eigenvalue weighted by Crippen LogP contribution is -2.27. The summed E-state index contributed by atoms with van der Waals surface area (Å²) in [5.41, 5.74) is 1.28. The number of ether oxygens (including phenoxy) is 1. The first kappa shape index (κ1) is 20.0. The van der Waals surface area contributed by atoms with Gasteiger partial charge in [-0.25, -0.2) is 9.18 Å². The third kappa shape index (κ3) is 4.22. The van der Waals surface area contributed by atoms with Crippen LogP contribution in [-0.4, -0.2) is 27.4 Å². The van der Waals surface area contributed by atoms with Crippen LogP contribution in [0.1, 0.15) is 27.7 Å². The molecule has 1 amide bonds. The molecule has 0 fully saturated rings. The maximum absolute atomic E-state index is 14.2. The minimum atomic E-state index is -0.727. The summed E-state index contributed by atoms with van der Waals surface area (Å²) in [7, 11) is 0. The Kier molecular flexibility index (Phi) is 5.25. The van der Waals surface area contributed by atoms with E-state index in [0.29, 0.717) is 22.3 Å². The Balaban J connectivity index is 2.19. The number of hydrogen-bond donors (Lipinski definition) is 1. The number of halogens is 2. The molecule has 0 unspecified atom stereocenters. The lowest BCUT2D eigenvalue weighted by Gasteiger charge is -2.19. The van der Waals surface area contributed by atoms with Gasteiger partial charge in [0.25, 0.3) is 0 Å². The summed E-state index contributed by atoms with van der Waals surface area (Å²) in [5, 5.41) is 7.67. The van der Waals surface area contributed by atoms with Gasteiger partial charge < -0.3 is 10.1 Å². The van der Waals surface area contributed by atoms with E-state index >= 15 is 0 Å². The fraction of sp³-hybridized carbons (Fsp3) is 0.250. The van der Waals surface area contributed by atoms with E-state index in [4.69, 9.17) is 4.74 Å². The molecule has 0 bridgehead atoms. The van der Waals surface area contributed by atoms with Crippen molar-refractivity contribution in [2.24, 2.45) is 0 Å². The number of amides is 1. The highest BCUT2D eigenvalue weighted by molar-refractivity contribution is 9.10. The van der Waals surface area contributed by atoms with Crippen LogP contribution in [0.25, 0.3) is 22.2 Å². The molecule has 1 heterocycles. The molecule has 0 saturated heterocycles. The highest BCUT2D eigenvalue weighted by Gasteiger charge is 2.24. The van der Waals surface area contributed by atoms with Gasteiger partial charge in [-0.15, -0.1) is 0 Å². The van der Waals surface area contributed by atoms with Gasteiger partial charge in [-0.3, -0.25) is 4.79 Å². The second-order valence-electron chi connectivity index (χ2n) is 7.29. The number of nitrogens with zero attached hydrogens (tertiary/aromatic N) is 2. The van der Waals surface area contributed by atoms with Gasteiger partial charge in [-0.05, 0) is 54.9 Å². The van der Waals surface area contributed by atoms with E-state index in [1.54, 1.807) is 51.1 Å². The Morgan fingerprint density at radius 3 is 2.57 bits per heavy atom. The molecular formula is C20H19BrFN3O3. The van der Waals surface area contributed by atoms with Gasteiger partial charge in [0, 0.05) is 29.6 Å². The third-order valence-corrected chi connectivity index (χ3v) is 4.35. The monoisotopic (exact) mass is 447 g/mol. The Hall–Kier alpha value is -2.74. The van der Waals surface area contributed by atoms with Crippen molar-refractivity contribution in [2.45, 2.75) is 33.3 Å². The molecule has 3 rings (SSSR count). The van der Waals surface area contributed by atoms with Crippen molar-refractivity contribution >= 4 is 44.5 Å². The van der Waals surface area contributed by atoms with Crippen LogP contribution in [0, 0.1) is 5.82 Å². The molecule has 0 atom stereocenters. The van der Waals surface area contributed by atoms with Gasteiger partial charge in [0.2, 0.25) is 5.91 Å². The lowest BCUT2D eigenvalue weighted by molar-refractivity contribution is -0.114. The number of nitrogens with one attached hydrogen (secondary N) is 1. The van der Waals surface area contributed by atoms with Crippen molar-refractivity contribution in [3.63, 3.8) is 0 Å². The molecule has 28 heavy (non-hydrogen) atoms. The molecule has 1 aromatic heterocycles. The minimum Gasteiger partial charge on any atom is -0.442 e. The minimum absolute atomic E-state index is 0.203. The van der Waals surface area contributed by atoms with Crippen LogP contribution in [0.5, 0.6) is 0 Å². The molecule has 0 saturated carbocycles. The summed E-state index contributed by atoms with van der Waals surface area (Å²) in [5.74, 6) is -0.720. The number of aromatic nitrogens is 2. The first-order valence-corrected chi connectivity index (χ1v) is 9.33. The molecule has 3 aromatic rings. The average Bonchev–Trinajstić information content (AvgIpc) is 2.92. The fourth-order valence-electron chi connectivity index (χ4n) is 2.71. The largest absolute Gasteiger partial charge is 0.442 e. The maximum Gasteiger partial charge on any atom is 0.435 e. The van der Waals surface area contributed by atoms with Crippen LogP contribution in [0.4, 0.5) is 14.9 Å². The number of benzene rings is 2. The van der Waals surface area contributed by atoms with Crippen molar-refractivity contribution in [3.8, 4) is 11.3 Å². The Labute approximate surface area is 169 Å². The van der Waals surface area contributed by atoms with Gasteiger partial charge in [0.15, 0.2) is 0 Å². The van der Waals surface area contributed by atoms with E-state index in [1.165, 1.54) is 13.0 Å². The predicted molar refractivity (Wildman–Crippen MR) is 109 cm³/mol.